The summed E-state index contributed by atoms with van der Waals surface area (Å²) in [6.45, 7) is 3.10. The number of nitrogens with one attached hydrogen (secondary N) is 2. The Morgan fingerprint density at radius 2 is 1.44 bits per heavy atom. The van der Waals surface area contributed by atoms with Crippen molar-refractivity contribution >= 4 is 17.8 Å². The number of amides is 2. The summed E-state index contributed by atoms with van der Waals surface area (Å²) in [6.07, 6.45) is 8.74. The molecular formula is C32H40N3O4+. The van der Waals surface area contributed by atoms with Crippen molar-refractivity contribution < 1.29 is 24.0 Å². The Kier molecular flexibility index (Phi) is 7.43. The molecule has 5 aliphatic rings. The van der Waals surface area contributed by atoms with Crippen LogP contribution in [0.3, 0.4) is 0 Å². The molecule has 7 nitrogen and oxygen atoms in total. The van der Waals surface area contributed by atoms with Gasteiger partial charge < -0.3 is 19.9 Å². The number of esters is 1. The van der Waals surface area contributed by atoms with Crippen molar-refractivity contribution in [3.8, 4) is 0 Å². The van der Waals surface area contributed by atoms with E-state index in [0.29, 0.717) is 30.6 Å². The average molecular weight is 531 g/mol. The summed E-state index contributed by atoms with van der Waals surface area (Å²) in [6, 6.07) is 17.4. The minimum absolute atomic E-state index is 0.152. The Labute approximate surface area is 230 Å². The number of nitrogens with zero attached hydrogens (tertiary/aromatic N) is 1. The van der Waals surface area contributed by atoms with Gasteiger partial charge in [-0.1, -0.05) is 48.5 Å². The Morgan fingerprint density at radius 1 is 0.872 bits per heavy atom. The predicted molar refractivity (Wildman–Crippen MR) is 147 cm³/mol. The van der Waals surface area contributed by atoms with Crippen molar-refractivity contribution in [3.63, 3.8) is 0 Å². The molecule has 1 aliphatic heterocycles. The summed E-state index contributed by atoms with van der Waals surface area (Å²) in [5, 5.41) is 2.81. The van der Waals surface area contributed by atoms with Gasteiger partial charge in [-0.25, -0.2) is 4.79 Å². The molecule has 0 spiro atoms. The summed E-state index contributed by atoms with van der Waals surface area (Å²) in [7, 11) is 0. The Bertz CT molecular complexity index is 1140. The number of carbonyl (C=O) groups excluding carboxylic acids is 3. The van der Waals surface area contributed by atoms with E-state index in [4.69, 9.17) is 4.74 Å². The summed E-state index contributed by atoms with van der Waals surface area (Å²) in [5.74, 6) is 1.69. The number of hydrogen-bond acceptors (Lipinski definition) is 4. The van der Waals surface area contributed by atoms with Crippen LogP contribution >= 0.6 is 0 Å². The molecule has 39 heavy (non-hydrogen) atoms. The van der Waals surface area contributed by atoms with E-state index in [2.05, 4.69) is 5.32 Å². The number of hydrogen-bond donors (Lipinski definition) is 2. The van der Waals surface area contributed by atoms with E-state index in [-0.39, 0.29) is 18.4 Å². The SMILES string of the molecule is O=C(NC(Cc1ccccc1)C(=O)OCC(=O)N1CC[NH+](C23CC4CC(CC(C4)C2)C3)CC1)c1ccccc1. The zero-order valence-corrected chi connectivity index (χ0v) is 22.6. The highest BCUT2D eigenvalue weighted by Crippen LogP contribution is 2.54. The standard InChI is InChI=1S/C32H39N3O4/c36-29(34-11-13-35(14-12-34)32-19-24-15-25(20-32)17-26(16-24)21-32)22-39-31(38)28(18-23-7-3-1-4-8-23)33-30(37)27-9-5-2-6-10-27/h1-10,24-26,28H,11-22H2,(H,33,37)/p+1. The van der Waals surface area contributed by atoms with Crippen LogP contribution in [0.4, 0.5) is 0 Å². The Hall–Kier alpha value is -3.19. The van der Waals surface area contributed by atoms with Gasteiger partial charge in [0, 0.05) is 31.2 Å². The summed E-state index contributed by atoms with van der Waals surface area (Å²) in [4.78, 5) is 42.5. The maximum Gasteiger partial charge on any atom is 0.329 e. The fraction of sp³-hybridized carbons (Fsp3) is 0.531. The van der Waals surface area contributed by atoms with Crippen LogP contribution in [0, 0.1) is 17.8 Å². The second-order valence-electron chi connectivity index (χ2n) is 12.4. The summed E-state index contributed by atoms with van der Waals surface area (Å²) >= 11 is 0. The molecule has 1 heterocycles. The van der Waals surface area contributed by atoms with E-state index >= 15 is 0 Å². The first-order valence-electron chi connectivity index (χ1n) is 14.7. The van der Waals surface area contributed by atoms with Gasteiger partial charge in [0.15, 0.2) is 6.61 Å². The van der Waals surface area contributed by atoms with Gasteiger partial charge in [0.05, 0.1) is 31.7 Å². The largest absolute Gasteiger partial charge is 0.454 e. The van der Waals surface area contributed by atoms with Gasteiger partial charge in [-0.2, -0.15) is 0 Å². The number of benzene rings is 2. The average Bonchev–Trinajstić information content (AvgIpc) is 2.96. The monoisotopic (exact) mass is 530 g/mol. The lowest BCUT2D eigenvalue weighted by atomic mass is 9.52. The molecule has 2 aromatic rings. The van der Waals surface area contributed by atoms with Crippen LogP contribution in [0.1, 0.15) is 54.4 Å². The van der Waals surface area contributed by atoms with Crippen molar-refractivity contribution in [1.82, 2.24) is 10.2 Å². The number of piperazine rings is 1. The smallest absolute Gasteiger partial charge is 0.329 e. The van der Waals surface area contributed by atoms with E-state index in [9.17, 15) is 14.4 Å². The van der Waals surface area contributed by atoms with Gasteiger partial charge in [-0.3, -0.25) is 9.59 Å². The van der Waals surface area contributed by atoms with Gasteiger partial charge in [0.25, 0.3) is 11.8 Å². The quantitative estimate of drug-likeness (QED) is 0.514. The van der Waals surface area contributed by atoms with Crippen molar-refractivity contribution in [2.75, 3.05) is 32.8 Å². The van der Waals surface area contributed by atoms with Crippen molar-refractivity contribution in [2.24, 2.45) is 17.8 Å². The number of quaternary nitrogens is 1. The molecule has 2 N–H and O–H groups in total. The molecule has 4 saturated carbocycles. The van der Waals surface area contributed by atoms with Crippen LogP contribution in [0.15, 0.2) is 60.7 Å². The fourth-order valence-corrected chi connectivity index (χ4v) is 8.30. The molecule has 0 aromatic heterocycles. The van der Waals surface area contributed by atoms with Gasteiger partial charge in [-0.05, 0) is 54.7 Å². The zero-order chi connectivity index (χ0) is 26.8. The summed E-state index contributed by atoms with van der Waals surface area (Å²) < 4.78 is 5.50. The number of carbonyl (C=O) groups is 3. The van der Waals surface area contributed by atoms with Crippen LogP contribution in [0.2, 0.25) is 0 Å². The first kappa shape index (κ1) is 26.1. The zero-order valence-electron chi connectivity index (χ0n) is 22.6. The van der Waals surface area contributed by atoms with Gasteiger partial charge in [0.1, 0.15) is 6.04 Å². The van der Waals surface area contributed by atoms with Crippen molar-refractivity contribution in [2.45, 2.75) is 56.5 Å². The highest BCUT2D eigenvalue weighted by atomic mass is 16.5. The van der Waals surface area contributed by atoms with Crippen LogP contribution in [-0.2, 0) is 20.7 Å². The third-order valence-electron chi connectivity index (χ3n) is 9.75. The second-order valence-corrected chi connectivity index (χ2v) is 12.4. The molecule has 4 aliphatic carbocycles. The molecule has 4 bridgehead atoms. The lowest BCUT2D eigenvalue weighted by molar-refractivity contribution is -0.962. The van der Waals surface area contributed by atoms with Crippen LogP contribution < -0.4 is 10.2 Å². The highest BCUT2D eigenvalue weighted by molar-refractivity contribution is 5.97. The van der Waals surface area contributed by atoms with E-state index in [1.54, 1.807) is 29.2 Å². The lowest BCUT2D eigenvalue weighted by Gasteiger charge is -2.59. The molecular weight excluding hydrogens is 490 g/mol. The number of rotatable bonds is 8. The van der Waals surface area contributed by atoms with Gasteiger partial charge in [-0.15, -0.1) is 0 Å². The third kappa shape index (κ3) is 5.74. The molecule has 5 fully saturated rings. The lowest BCUT2D eigenvalue weighted by Crippen LogP contribution is -3.23. The molecule has 7 heteroatoms. The van der Waals surface area contributed by atoms with Gasteiger partial charge >= 0.3 is 5.97 Å². The minimum Gasteiger partial charge on any atom is -0.454 e. The molecule has 1 unspecified atom stereocenters. The normalized spacial score (nSPS) is 28.6. The second kappa shape index (κ2) is 11.1. The highest BCUT2D eigenvalue weighted by Gasteiger charge is 2.56. The molecule has 2 aromatic carbocycles. The maximum atomic E-state index is 13.1. The molecule has 206 valence electrons. The first-order valence-corrected chi connectivity index (χ1v) is 14.7. The maximum absolute atomic E-state index is 13.1. The Morgan fingerprint density at radius 3 is 2.03 bits per heavy atom. The van der Waals surface area contributed by atoms with Crippen LogP contribution in [0.5, 0.6) is 0 Å². The molecule has 7 rings (SSSR count). The van der Waals surface area contributed by atoms with Crippen LogP contribution in [0.25, 0.3) is 0 Å². The molecule has 1 saturated heterocycles. The van der Waals surface area contributed by atoms with E-state index in [0.717, 1.165) is 36.4 Å². The first-order chi connectivity index (χ1) is 19.0. The van der Waals surface area contributed by atoms with E-state index in [1.165, 1.54) is 38.5 Å². The fourth-order valence-electron chi connectivity index (χ4n) is 8.30. The summed E-state index contributed by atoms with van der Waals surface area (Å²) in [5.41, 5.74) is 1.82. The third-order valence-corrected chi connectivity index (χ3v) is 9.75. The molecule has 2 amide bonds. The van der Waals surface area contributed by atoms with E-state index < -0.39 is 12.0 Å². The van der Waals surface area contributed by atoms with E-state index in [1.807, 2.05) is 41.3 Å². The predicted octanol–water partition coefficient (Wildman–Crippen LogP) is 2.27. The van der Waals surface area contributed by atoms with Crippen LogP contribution in [-0.4, -0.2) is 67.1 Å². The topological polar surface area (TPSA) is 80.1 Å². The minimum atomic E-state index is -0.884. The van der Waals surface area contributed by atoms with Gasteiger partial charge in [0.2, 0.25) is 0 Å². The molecule has 1 atom stereocenters. The number of ether oxygens (including phenoxy) is 1. The van der Waals surface area contributed by atoms with Crippen molar-refractivity contribution in [1.29, 1.82) is 0 Å². The molecule has 0 radical (unpaired) electrons. The van der Waals surface area contributed by atoms with Crippen molar-refractivity contribution in [3.05, 3.63) is 71.8 Å². The Balaban J connectivity index is 1.03.